The van der Waals surface area contributed by atoms with E-state index in [2.05, 4.69) is 32.9 Å². The molecule has 0 saturated heterocycles. The van der Waals surface area contributed by atoms with Gasteiger partial charge in [0.15, 0.2) is 0 Å². The highest BCUT2D eigenvalue weighted by Crippen LogP contribution is 2.18. The Labute approximate surface area is 106 Å². The zero-order chi connectivity index (χ0) is 12.8. The van der Waals surface area contributed by atoms with Crippen molar-refractivity contribution in [3.63, 3.8) is 0 Å². The Balaban J connectivity index is 2.03. The zero-order valence-corrected chi connectivity index (χ0v) is 10.6. The molecule has 2 aromatic rings. The lowest BCUT2D eigenvalue weighted by molar-refractivity contribution is 0.141. The van der Waals surface area contributed by atoms with Crippen molar-refractivity contribution in [3.05, 3.63) is 24.3 Å². The Morgan fingerprint density at radius 2 is 2.33 bits per heavy atom. The summed E-state index contributed by atoms with van der Waals surface area (Å²) in [5.74, 6) is 0.594. The summed E-state index contributed by atoms with van der Waals surface area (Å²) >= 11 is 0. The summed E-state index contributed by atoms with van der Waals surface area (Å²) in [6, 6.07) is 8.16. The van der Waals surface area contributed by atoms with Crippen molar-refractivity contribution >= 4 is 5.69 Å². The van der Waals surface area contributed by atoms with Crippen LogP contribution in [0.25, 0.3) is 11.4 Å². The van der Waals surface area contributed by atoms with Crippen molar-refractivity contribution in [2.45, 2.75) is 19.9 Å². The summed E-state index contributed by atoms with van der Waals surface area (Å²) < 4.78 is 5.37. The number of rotatable bonds is 6. The fourth-order valence-corrected chi connectivity index (χ4v) is 1.65. The lowest BCUT2D eigenvalue weighted by Gasteiger charge is -2.15. The Hall–Kier alpha value is -1.95. The second-order valence-corrected chi connectivity index (χ2v) is 4.02. The minimum Gasteiger partial charge on any atom is -0.380 e. The number of anilines is 1. The second kappa shape index (κ2) is 6.11. The summed E-state index contributed by atoms with van der Waals surface area (Å²) in [5.41, 5.74) is 1.95. The minimum absolute atomic E-state index is 0.255. The van der Waals surface area contributed by atoms with Crippen molar-refractivity contribution in [2.24, 2.45) is 0 Å². The molecular formula is C12H17N5O. The molecule has 1 atom stereocenters. The minimum atomic E-state index is 0.255. The van der Waals surface area contributed by atoms with Gasteiger partial charge < -0.3 is 10.1 Å². The number of ether oxygens (including phenoxy) is 1. The number of aromatic amines is 1. The van der Waals surface area contributed by atoms with Crippen LogP contribution in [0.3, 0.4) is 0 Å². The van der Waals surface area contributed by atoms with Crippen LogP contribution in [0.15, 0.2) is 24.3 Å². The summed E-state index contributed by atoms with van der Waals surface area (Å²) in [6.45, 7) is 5.48. The quantitative estimate of drug-likeness (QED) is 0.812. The molecule has 0 fully saturated rings. The molecule has 0 radical (unpaired) electrons. The van der Waals surface area contributed by atoms with Gasteiger partial charge >= 0.3 is 0 Å². The van der Waals surface area contributed by atoms with Gasteiger partial charge in [-0.05, 0) is 31.2 Å². The Morgan fingerprint density at radius 1 is 1.44 bits per heavy atom. The van der Waals surface area contributed by atoms with Gasteiger partial charge in [0.2, 0.25) is 5.82 Å². The first-order chi connectivity index (χ1) is 8.79. The Kier molecular flexibility index (Phi) is 4.25. The Bertz CT molecular complexity index is 471. The van der Waals surface area contributed by atoms with Crippen LogP contribution in [-0.2, 0) is 4.74 Å². The van der Waals surface area contributed by atoms with Crippen LogP contribution in [-0.4, -0.2) is 39.9 Å². The van der Waals surface area contributed by atoms with Gasteiger partial charge in [0.05, 0.1) is 6.61 Å². The molecule has 1 aromatic heterocycles. The molecule has 0 bridgehead atoms. The molecule has 1 aromatic carbocycles. The first kappa shape index (κ1) is 12.5. The van der Waals surface area contributed by atoms with Crippen molar-refractivity contribution in [3.8, 4) is 11.4 Å². The topological polar surface area (TPSA) is 75.7 Å². The standard InChI is InChI=1S/C12H17N5O/c1-3-18-8-9(2)13-11-6-4-5-10(7-11)12-14-16-17-15-12/h4-7,9,13H,3,8H2,1-2H3,(H,14,15,16,17). The van der Waals surface area contributed by atoms with Gasteiger partial charge in [0.1, 0.15) is 0 Å². The Morgan fingerprint density at radius 3 is 3.06 bits per heavy atom. The lowest BCUT2D eigenvalue weighted by Crippen LogP contribution is -2.21. The normalized spacial score (nSPS) is 12.3. The molecule has 6 heteroatoms. The fraction of sp³-hybridized carbons (Fsp3) is 0.417. The highest BCUT2D eigenvalue weighted by atomic mass is 16.5. The number of aromatic nitrogens is 4. The van der Waals surface area contributed by atoms with E-state index < -0.39 is 0 Å². The SMILES string of the molecule is CCOCC(C)Nc1cccc(-c2nn[nH]n2)c1. The number of tetrazole rings is 1. The first-order valence-corrected chi connectivity index (χ1v) is 5.97. The maximum Gasteiger partial charge on any atom is 0.204 e. The largest absolute Gasteiger partial charge is 0.380 e. The van der Waals surface area contributed by atoms with E-state index in [1.165, 1.54) is 0 Å². The molecule has 6 nitrogen and oxygen atoms in total. The van der Waals surface area contributed by atoms with Crippen molar-refractivity contribution < 1.29 is 4.74 Å². The first-order valence-electron chi connectivity index (χ1n) is 5.97. The van der Waals surface area contributed by atoms with Gasteiger partial charge in [-0.2, -0.15) is 5.21 Å². The van der Waals surface area contributed by atoms with Crippen LogP contribution in [0.1, 0.15) is 13.8 Å². The third-order valence-corrected chi connectivity index (χ3v) is 2.45. The fourth-order valence-electron chi connectivity index (χ4n) is 1.65. The molecule has 0 saturated carbocycles. The van der Waals surface area contributed by atoms with Gasteiger partial charge in [0.25, 0.3) is 0 Å². The van der Waals surface area contributed by atoms with Crippen LogP contribution < -0.4 is 5.32 Å². The van der Waals surface area contributed by atoms with Crippen molar-refractivity contribution in [2.75, 3.05) is 18.5 Å². The number of H-pyrrole nitrogens is 1. The zero-order valence-electron chi connectivity index (χ0n) is 10.6. The molecule has 2 rings (SSSR count). The molecule has 0 spiro atoms. The maximum atomic E-state index is 5.37. The average Bonchev–Trinajstić information content (AvgIpc) is 2.90. The molecule has 0 aliphatic heterocycles. The predicted octanol–water partition coefficient (Wildman–Crippen LogP) is 1.70. The van der Waals surface area contributed by atoms with Crippen LogP contribution in [0.4, 0.5) is 5.69 Å². The smallest absolute Gasteiger partial charge is 0.204 e. The predicted molar refractivity (Wildman–Crippen MR) is 69.2 cm³/mol. The molecule has 0 aliphatic rings. The molecule has 1 heterocycles. The van der Waals surface area contributed by atoms with Crippen LogP contribution >= 0.6 is 0 Å². The number of benzene rings is 1. The monoisotopic (exact) mass is 247 g/mol. The third-order valence-electron chi connectivity index (χ3n) is 2.45. The van der Waals surface area contributed by atoms with E-state index in [1.54, 1.807) is 0 Å². The van der Waals surface area contributed by atoms with Crippen LogP contribution in [0.5, 0.6) is 0 Å². The van der Waals surface area contributed by atoms with Gasteiger partial charge in [-0.3, -0.25) is 0 Å². The summed E-state index contributed by atoms with van der Waals surface area (Å²) in [6.07, 6.45) is 0. The highest BCUT2D eigenvalue weighted by molar-refractivity contribution is 5.61. The van der Waals surface area contributed by atoms with Crippen LogP contribution in [0, 0.1) is 0 Å². The molecule has 2 N–H and O–H groups in total. The summed E-state index contributed by atoms with van der Waals surface area (Å²) in [7, 11) is 0. The van der Waals surface area contributed by atoms with E-state index in [4.69, 9.17) is 4.74 Å². The van der Waals surface area contributed by atoms with E-state index in [1.807, 2.05) is 31.2 Å². The molecule has 96 valence electrons. The van der Waals surface area contributed by atoms with E-state index >= 15 is 0 Å². The van der Waals surface area contributed by atoms with Gasteiger partial charge in [0, 0.05) is 23.9 Å². The van der Waals surface area contributed by atoms with Crippen LogP contribution in [0.2, 0.25) is 0 Å². The van der Waals surface area contributed by atoms with Crippen molar-refractivity contribution in [1.82, 2.24) is 20.6 Å². The molecule has 0 amide bonds. The molecule has 1 unspecified atom stereocenters. The summed E-state index contributed by atoms with van der Waals surface area (Å²) in [4.78, 5) is 0. The highest BCUT2D eigenvalue weighted by Gasteiger charge is 2.05. The lowest BCUT2D eigenvalue weighted by atomic mass is 10.2. The molecular weight excluding hydrogens is 230 g/mol. The van der Waals surface area contributed by atoms with E-state index in [0.717, 1.165) is 17.9 Å². The van der Waals surface area contributed by atoms with Gasteiger partial charge in [-0.25, -0.2) is 0 Å². The van der Waals surface area contributed by atoms with E-state index in [0.29, 0.717) is 12.4 Å². The maximum absolute atomic E-state index is 5.37. The van der Waals surface area contributed by atoms with E-state index in [-0.39, 0.29) is 6.04 Å². The molecule has 0 aliphatic carbocycles. The number of hydrogen-bond donors (Lipinski definition) is 2. The van der Waals surface area contributed by atoms with Gasteiger partial charge in [-0.15, -0.1) is 10.2 Å². The second-order valence-electron chi connectivity index (χ2n) is 4.02. The number of nitrogens with one attached hydrogen (secondary N) is 2. The van der Waals surface area contributed by atoms with E-state index in [9.17, 15) is 0 Å². The van der Waals surface area contributed by atoms with Crippen molar-refractivity contribution in [1.29, 1.82) is 0 Å². The molecule has 18 heavy (non-hydrogen) atoms. The van der Waals surface area contributed by atoms with Gasteiger partial charge in [-0.1, -0.05) is 12.1 Å². The number of hydrogen-bond acceptors (Lipinski definition) is 5. The third kappa shape index (κ3) is 3.27. The average molecular weight is 247 g/mol. The number of nitrogens with zero attached hydrogens (tertiary/aromatic N) is 3. The summed E-state index contributed by atoms with van der Waals surface area (Å²) in [5, 5.41) is 17.3.